The first-order valence-corrected chi connectivity index (χ1v) is 15.3. The monoisotopic (exact) mass is 586 g/mol. The lowest BCUT2D eigenvalue weighted by Gasteiger charge is -2.42. The van der Waals surface area contributed by atoms with Crippen LogP contribution in [0, 0.1) is 0 Å². The van der Waals surface area contributed by atoms with Crippen LogP contribution in [0.25, 0.3) is 11.3 Å². The standard InChI is InChI=1S/C32H42N8O3/c1-38-16-18-40(19-17-38)24-12-14-39(15-13-24)23-10-8-22(9-11-23)34-32-29(30(33)43)36-28(21-4-2-5-25(41)20-21)31(37-32)35-26-6-3-7-27(26)42/h2,4-5,8-11,20,24,26-27,41-42H,3,6-7,12-19H2,1H3,(H2,33,43)(H2,34,35,37). The van der Waals surface area contributed by atoms with E-state index in [0.29, 0.717) is 29.5 Å². The molecule has 3 aliphatic rings. The number of carbonyl (C=O) groups excluding carboxylic acids is 1. The van der Waals surface area contributed by atoms with E-state index in [4.69, 9.17) is 10.7 Å². The highest BCUT2D eigenvalue weighted by atomic mass is 16.3. The highest BCUT2D eigenvalue weighted by molar-refractivity contribution is 5.97. The Morgan fingerprint density at radius 2 is 1.67 bits per heavy atom. The molecule has 1 saturated carbocycles. The fraction of sp³-hybridized carbons (Fsp3) is 0.469. The average molecular weight is 587 g/mol. The van der Waals surface area contributed by atoms with E-state index < -0.39 is 12.0 Å². The minimum atomic E-state index is -0.719. The summed E-state index contributed by atoms with van der Waals surface area (Å²) in [6.07, 6.45) is 4.22. The molecule has 11 heteroatoms. The van der Waals surface area contributed by atoms with Crippen LogP contribution in [0.15, 0.2) is 48.5 Å². The molecule has 0 radical (unpaired) electrons. The van der Waals surface area contributed by atoms with Crippen molar-refractivity contribution >= 4 is 28.9 Å². The third-order valence-electron chi connectivity index (χ3n) is 9.06. The number of phenolic OH excluding ortho intramolecular Hbond substituents is 1. The Balaban J connectivity index is 1.20. The largest absolute Gasteiger partial charge is 0.508 e. The van der Waals surface area contributed by atoms with Crippen LogP contribution in [-0.4, -0.2) is 100 Å². The normalized spacial score (nSPS) is 22.0. The van der Waals surface area contributed by atoms with Gasteiger partial charge in [0.25, 0.3) is 5.91 Å². The molecule has 6 rings (SSSR count). The number of hydrogen-bond acceptors (Lipinski definition) is 10. The van der Waals surface area contributed by atoms with Gasteiger partial charge in [-0.2, -0.15) is 0 Å². The first-order chi connectivity index (χ1) is 20.8. The van der Waals surface area contributed by atoms with E-state index >= 15 is 0 Å². The number of carbonyl (C=O) groups is 1. The van der Waals surface area contributed by atoms with Crippen LogP contribution < -0.4 is 21.3 Å². The Hall–Kier alpha value is -3.93. The molecule has 2 atom stereocenters. The van der Waals surface area contributed by atoms with E-state index in [1.165, 1.54) is 5.69 Å². The Labute approximate surface area is 252 Å². The number of likely N-dealkylation sites (N-methyl/N-ethyl adjacent to an activating group) is 1. The lowest BCUT2D eigenvalue weighted by Crippen LogP contribution is -2.52. The number of nitrogens with one attached hydrogen (secondary N) is 2. The molecule has 0 bridgehead atoms. The number of rotatable bonds is 8. The number of benzene rings is 2. The van der Waals surface area contributed by atoms with Gasteiger partial charge in [0.15, 0.2) is 17.3 Å². The summed E-state index contributed by atoms with van der Waals surface area (Å²) in [5.41, 5.74) is 8.64. The Bertz CT molecular complexity index is 1420. The number of aliphatic hydroxyl groups is 1. The van der Waals surface area contributed by atoms with Crippen molar-refractivity contribution in [1.29, 1.82) is 0 Å². The van der Waals surface area contributed by atoms with E-state index in [1.54, 1.807) is 24.3 Å². The second-order valence-corrected chi connectivity index (χ2v) is 12.0. The average Bonchev–Trinajstić information content (AvgIpc) is 3.42. The van der Waals surface area contributed by atoms with Crippen LogP contribution in [0.2, 0.25) is 0 Å². The molecule has 2 saturated heterocycles. The second-order valence-electron chi connectivity index (χ2n) is 12.0. The zero-order valence-electron chi connectivity index (χ0n) is 24.7. The van der Waals surface area contributed by atoms with Crippen molar-refractivity contribution in [2.24, 2.45) is 5.73 Å². The number of aromatic nitrogens is 2. The number of aromatic hydroxyl groups is 1. The van der Waals surface area contributed by atoms with Gasteiger partial charge in [0.05, 0.1) is 12.1 Å². The van der Waals surface area contributed by atoms with Gasteiger partial charge in [-0.15, -0.1) is 0 Å². The number of piperidine rings is 1. The summed E-state index contributed by atoms with van der Waals surface area (Å²) in [5, 5.41) is 27.2. The van der Waals surface area contributed by atoms with Gasteiger partial charge < -0.3 is 36.4 Å². The SMILES string of the molecule is CN1CCN(C2CCN(c3ccc(Nc4nc(NC5CCCC5O)c(-c5cccc(O)c5)nc4C(N)=O)cc3)CC2)CC1. The van der Waals surface area contributed by atoms with Crippen molar-refractivity contribution in [1.82, 2.24) is 19.8 Å². The zero-order valence-corrected chi connectivity index (χ0v) is 24.7. The minimum absolute atomic E-state index is 0.00841. The van der Waals surface area contributed by atoms with Crippen molar-refractivity contribution in [3.05, 3.63) is 54.2 Å². The molecule has 3 heterocycles. The van der Waals surface area contributed by atoms with Gasteiger partial charge in [0, 0.05) is 62.2 Å². The first-order valence-electron chi connectivity index (χ1n) is 15.3. The lowest BCUT2D eigenvalue weighted by molar-refractivity contribution is 0.0982. The summed E-state index contributed by atoms with van der Waals surface area (Å²) in [7, 11) is 2.20. The first kappa shape index (κ1) is 29.2. The van der Waals surface area contributed by atoms with Gasteiger partial charge in [-0.05, 0) is 75.5 Å². The Morgan fingerprint density at radius 1 is 0.930 bits per heavy atom. The molecular weight excluding hydrogens is 544 g/mol. The minimum Gasteiger partial charge on any atom is -0.508 e. The molecule has 2 aliphatic heterocycles. The summed E-state index contributed by atoms with van der Waals surface area (Å²) in [6.45, 7) is 6.67. The van der Waals surface area contributed by atoms with Gasteiger partial charge >= 0.3 is 0 Å². The predicted octanol–water partition coefficient (Wildman–Crippen LogP) is 3.23. The van der Waals surface area contributed by atoms with Gasteiger partial charge in [0.1, 0.15) is 11.4 Å². The van der Waals surface area contributed by atoms with E-state index in [0.717, 1.165) is 70.6 Å². The molecule has 6 N–H and O–H groups in total. The molecule has 3 fully saturated rings. The number of anilines is 4. The van der Waals surface area contributed by atoms with Gasteiger partial charge in [-0.3, -0.25) is 9.69 Å². The maximum atomic E-state index is 12.5. The topological polar surface area (TPSA) is 143 Å². The molecule has 3 aromatic rings. The number of aliphatic hydroxyl groups excluding tert-OH is 1. The molecule has 0 spiro atoms. The van der Waals surface area contributed by atoms with E-state index in [1.807, 2.05) is 12.1 Å². The summed E-state index contributed by atoms with van der Waals surface area (Å²) >= 11 is 0. The summed E-state index contributed by atoms with van der Waals surface area (Å²) < 4.78 is 0. The van der Waals surface area contributed by atoms with Gasteiger partial charge in [-0.1, -0.05) is 12.1 Å². The Morgan fingerprint density at radius 3 is 2.33 bits per heavy atom. The van der Waals surface area contributed by atoms with Crippen LogP contribution in [0.4, 0.5) is 23.0 Å². The quantitative estimate of drug-likeness (QED) is 0.267. The number of primary amides is 1. The molecular formula is C32H42N8O3. The van der Waals surface area contributed by atoms with Gasteiger partial charge in [-0.25, -0.2) is 9.97 Å². The fourth-order valence-corrected chi connectivity index (χ4v) is 6.50. The summed E-state index contributed by atoms with van der Waals surface area (Å²) in [6, 6.07) is 15.2. The van der Waals surface area contributed by atoms with E-state index in [9.17, 15) is 15.0 Å². The third kappa shape index (κ3) is 6.69. The number of piperazine rings is 1. The molecule has 1 aromatic heterocycles. The van der Waals surface area contributed by atoms with Crippen molar-refractivity contribution in [2.75, 3.05) is 61.8 Å². The van der Waals surface area contributed by atoms with Crippen molar-refractivity contribution < 1.29 is 15.0 Å². The molecule has 1 amide bonds. The van der Waals surface area contributed by atoms with Crippen LogP contribution in [-0.2, 0) is 0 Å². The fourth-order valence-electron chi connectivity index (χ4n) is 6.50. The Kier molecular flexibility index (Phi) is 8.64. The molecule has 2 aromatic carbocycles. The van der Waals surface area contributed by atoms with E-state index in [2.05, 4.69) is 49.5 Å². The molecule has 2 unspecified atom stereocenters. The lowest BCUT2D eigenvalue weighted by atomic mass is 10.0. The highest BCUT2D eigenvalue weighted by Crippen LogP contribution is 2.33. The smallest absolute Gasteiger partial charge is 0.271 e. The number of hydrogen-bond donors (Lipinski definition) is 5. The molecule has 1 aliphatic carbocycles. The molecule has 43 heavy (non-hydrogen) atoms. The number of amides is 1. The zero-order chi connectivity index (χ0) is 29.9. The molecule has 11 nitrogen and oxygen atoms in total. The van der Waals surface area contributed by atoms with Crippen LogP contribution in [0.5, 0.6) is 5.75 Å². The maximum absolute atomic E-state index is 12.5. The maximum Gasteiger partial charge on any atom is 0.271 e. The van der Waals surface area contributed by atoms with Crippen LogP contribution in [0.3, 0.4) is 0 Å². The predicted molar refractivity (Wildman–Crippen MR) is 169 cm³/mol. The number of nitrogens with zero attached hydrogens (tertiary/aromatic N) is 5. The van der Waals surface area contributed by atoms with Crippen molar-refractivity contribution in [2.45, 2.75) is 50.3 Å². The number of nitrogens with two attached hydrogens (primary N) is 1. The number of phenols is 1. The van der Waals surface area contributed by atoms with Gasteiger partial charge in [0.2, 0.25) is 0 Å². The van der Waals surface area contributed by atoms with Crippen LogP contribution in [0.1, 0.15) is 42.6 Å². The summed E-state index contributed by atoms with van der Waals surface area (Å²) in [4.78, 5) is 29.4. The van der Waals surface area contributed by atoms with Crippen molar-refractivity contribution in [3.63, 3.8) is 0 Å². The third-order valence-corrected chi connectivity index (χ3v) is 9.06. The second kappa shape index (κ2) is 12.7. The van der Waals surface area contributed by atoms with Crippen molar-refractivity contribution in [3.8, 4) is 17.0 Å². The summed E-state index contributed by atoms with van der Waals surface area (Å²) in [5.74, 6) is -0.0164. The molecule has 228 valence electrons. The van der Waals surface area contributed by atoms with Crippen LogP contribution >= 0.6 is 0 Å². The highest BCUT2D eigenvalue weighted by Gasteiger charge is 2.29. The van der Waals surface area contributed by atoms with E-state index in [-0.39, 0.29) is 23.3 Å².